The fraction of sp³-hybridized carbons (Fsp3) is 0.444. The van der Waals surface area contributed by atoms with E-state index in [0.29, 0.717) is 6.10 Å². The van der Waals surface area contributed by atoms with Gasteiger partial charge in [0.15, 0.2) is 0 Å². The summed E-state index contributed by atoms with van der Waals surface area (Å²) in [7, 11) is 0. The number of morpholine rings is 1. The molecule has 3 nitrogen and oxygen atoms in total. The van der Waals surface area contributed by atoms with Crippen molar-refractivity contribution in [2.24, 2.45) is 0 Å². The first kappa shape index (κ1) is 14.4. The lowest BCUT2D eigenvalue weighted by atomic mass is 10.1. The number of nitrogens with zero attached hydrogens (tertiary/aromatic N) is 1. The van der Waals surface area contributed by atoms with E-state index in [0.717, 1.165) is 39.2 Å². The van der Waals surface area contributed by atoms with E-state index < -0.39 is 0 Å². The first-order valence-corrected chi connectivity index (χ1v) is 7.93. The van der Waals surface area contributed by atoms with Crippen LogP contribution in [0.2, 0.25) is 0 Å². The number of benzene rings is 2. The molecule has 3 rings (SSSR count). The molecule has 0 bridgehead atoms. The predicted octanol–water partition coefficient (Wildman–Crippen LogP) is 3.04. The molecule has 0 radical (unpaired) electrons. The third kappa shape index (κ3) is 3.36. The molecule has 2 aromatic carbocycles. The van der Waals surface area contributed by atoms with Gasteiger partial charge < -0.3 is 15.0 Å². The summed E-state index contributed by atoms with van der Waals surface area (Å²) in [5, 5.41) is 6.05. The maximum absolute atomic E-state index is 5.81. The summed E-state index contributed by atoms with van der Waals surface area (Å²) in [5.74, 6) is 0. The Hall–Kier alpha value is -1.58. The van der Waals surface area contributed by atoms with Crippen LogP contribution in [0.15, 0.2) is 42.5 Å². The van der Waals surface area contributed by atoms with Crippen LogP contribution in [-0.2, 0) is 4.74 Å². The highest BCUT2D eigenvalue weighted by Crippen LogP contribution is 2.26. The largest absolute Gasteiger partial charge is 0.376 e. The van der Waals surface area contributed by atoms with Gasteiger partial charge in [0.05, 0.1) is 12.7 Å². The van der Waals surface area contributed by atoms with Crippen LogP contribution in [0.25, 0.3) is 10.8 Å². The van der Waals surface area contributed by atoms with Crippen molar-refractivity contribution in [1.82, 2.24) is 5.32 Å². The molecular formula is C18H24N2O. The highest BCUT2D eigenvalue weighted by Gasteiger charge is 2.15. The van der Waals surface area contributed by atoms with Crippen molar-refractivity contribution in [3.63, 3.8) is 0 Å². The van der Waals surface area contributed by atoms with Gasteiger partial charge in [0, 0.05) is 37.3 Å². The van der Waals surface area contributed by atoms with Crippen molar-refractivity contribution in [1.29, 1.82) is 0 Å². The Bertz CT molecular complexity index is 573. The van der Waals surface area contributed by atoms with Gasteiger partial charge in [0.2, 0.25) is 0 Å². The second-order valence-electron chi connectivity index (χ2n) is 5.56. The summed E-state index contributed by atoms with van der Waals surface area (Å²) < 4.78 is 5.81. The standard InChI is InChI=1S/C18H24N2O/c1-2-20(12-10-16-14-19-11-13-21-16)18-9-5-7-15-6-3-4-8-17(15)18/h3-9,16,19H,2,10-14H2,1H3. The van der Waals surface area contributed by atoms with Crippen LogP contribution in [0, 0.1) is 0 Å². The molecule has 3 heteroatoms. The Balaban J connectivity index is 1.75. The Kier molecular flexibility index (Phi) is 4.73. The minimum Gasteiger partial charge on any atom is -0.376 e. The van der Waals surface area contributed by atoms with Crippen molar-refractivity contribution in [3.8, 4) is 0 Å². The molecule has 1 N–H and O–H groups in total. The number of rotatable bonds is 5. The Morgan fingerprint density at radius 1 is 1.19 bits per heavy atom. The highest BCUT2D eigenvalue weighted by molar-refractivity contribution is 5.94. The molecule has 0 saturated carbocycles. The van der Waals surface area contributed by atoms with E-state index in [2.05, 4.69) is 59.6 Å². The van der Waals surface area contributed by atoms with Crippen molar-refractivity contribution in [3.05, 3.63) is 42.5 Å². The van der Waals surface area contributed by atoms with E-state index in [1.807, 2.05) is 0 Å². The molecular weight excluding hydrogens is 260 g/mol. The van der Waals surface area contributed by atoms with Crippen molar-refractivity contribution in [2.75, 3.05) is 37.7 Å². The smallest absolute Gasteiger partial charge is 0.0716 e. The van der Waals surface area contributed by atoms with Crippen LogP contribution in [-0.4, -0.2) is 38.9 Å². The van der Waals surface area contributed by atoms with Gasteiger partial charge in [-0.05, 0) is 24.8 Å². The van der Waals surface area contributed by atoms with Gasteiger partial charge in [-0.25, -0.2) is 0 Å². The maximum atomic E-state index is 5.81. The summed E-state index contributed by atoms with van der Waals surface area (Å²) >= 11 is 0. The number of hydrogen-bond acceptors (Lipinski definition) is 3. The second-order valence-corrected chi connectivity index (χ2v) is 5.56. The molecule has 0 spiro atoms. The number of hydrogen-bond donors (Lipinski definition) is 1. The molecule has 1 atom stereocenters. The Morgan fingerprint density at radius 2 is 2.05 bits per heavy atom. The molecule has 0 aromatic heterocycles. The van der Waals surface area contributed by atoms with Crippen molar-refractivity contribution in [2.45, 2.75) is 19.4 Å². The monoisotopic (exact) mass is 284 g/mol. The van der Waals surface area contributed by atoms with Crippen LogP contribution in [0.1, 0.15) is 13.3 Å². The topological polar surface area (TPSA) is 24.5 Å². The molecule has 0 amide bonds. The summed E-state index contributed by atoms with van der Waals surface area (Å²) in [6.07, 6.45) is 1.42. The zero-order valence-electron chi connectivity index (χ0n) is 12.7. The fourth-order valence-corrected chi connectivity index (χ4v) is 3.04. The molecule has 1 fully saturated rings. The van der Waals surface area contributed by atoms with E-state index in [-0.39, 0.29) is 0 Å². The van der Waals surface area contributed by atoms with Crippen LogP contribution in [0.5, 0.6) is 0 Å². The quantitative estimate of drug-likeness (QED) is 0.913. The first-order chi connectivity index (χ1) is 10.4. The maximum Gasteiger partial charge on any atom is 0.0716 e. The third-order valence-corrected chi connectivity index (χ3v) is 4.21. The van der Waals surface area contributed by atoms with Gasteiger partial charge in [-0.15, -0.1) is 0 Å². The van der Waals surface area contributed by atoms with E-state index in [1.54, 1.807) is 0 Å². The fourth-order valence-electron chi connectivity index (χ4n) is 3.04. The van der Waals surface area contributed by atoms with Crippen molar-refractivity contribution < 1.29 is 4.74 Å². The SMILES string of the molecule is CCN(CCC1CNCCO1)c1cccc2ccccc12. The van der Waals surface area contributed by atoms with E-state index >= 15 is 0 Å². The van der Waals surface area contributed by atoms with Gasteiger partial charge in [-0.1, -0.05) is 36.4 Å². The second kappa shape index (κ2) is 6.92. The molecule has 112 valence electrons. The summed E-state index contributed by atoms with van der Waals surface area (Å²) in [6, 6.07) is 15.2. The Morgan fingerprint density at radius 3 is 2.86 bits per heavy atom. The molecule has 1 unspecified atom stereocenters. The zero-order valence-corrected chi connectivity index (χ0v) is 12.7. The molecule has 1 saturated heterocycles. The minimum absolute atomic E-state index is 0.350. The molecule has 21 heavy (non-hydrogen) atoms. The molecule has 0 aliphatic carbocycles. The minimum atomic E-state index is 0.350. The van der Waals surface area contributed by atoms with Gasteiger partial charge >= 0.3 is 0 Å². The summed E-state index contributed by atoms with van der Waals surface area (Å²) in [5.41, 5.74) is 1.33. The first-order valence-electron chi connectivity index (χ1n) is 7.93. The summed E-state index contributed by atoms with van der Waals surface area (Å²) in [6.45, 7) is 7.09. The molecule has 2 aromatic rings. The third-order valence-electron chi connectivity index (χ3n) is 4.21. The van der Waals surface area contributed by atoms with Crippen LogP contribution in [0.4, 0.5) is 5.69 Å². The Labute approximate surface area is 126 Å². The number of fused-ring (bicyclic) bond motifs is 1. The van der Waals surface area contributed by atoms with Crippen LogP contribution in [0.3, 0.4) is 0 Å². The van der Waals surface area contributed by atoms with Crippen LogP contribution >= 0.6 is 0 Å². The number of ether oxygens (including phenoxy) is 1. The number of nitrogens with one attached hydrogen (secondary N) is 1. The van der Waals surface area contributed by atoms with Gasteiger partial charge in [-0.2, -0.15) is 0 Å². The van der Waals surface area contributed by atoms with E-state index in [4.69, 9.17) is 4.74 Å². The van der Waals surface area contributed by atoms with Gasteiger partial charge in [-0.3, -0.25) is 0 Å². The predicted molar refractivity (Wildman–Crippen MR) is 89.1 cm³/mol. The molecule has 1 aliphatic rings. The lowest BCUT2D eigenvalue weighted by Gasteiger charge is -2.29. The normalized spacial score (nSPS) is 18.8. The average Bonchev–Trinajstić information content (AvgIpc) is 2.56. The van der Waals surface area contributed by atoms with E-state index in [1.165, 1.54) is 16.5 Å². The lowest BCUT2D eigenvalue weighted by Crippen LogP contribution is -2.40. The average molecular weight is 284 g/mol. The summed E-state index contributed by atoms with van der Waals surface area (Å²) in [4.78, 5) is 2.46. The van der Waals surface area contributed by atoms with E-state index in [9.17, 15) is 0 Å². The van der Waals surface area contributed by atoms with Gasteiger partial charge in [0.1, 0.15) is 0 Å². The highest BCUT2D eigenvalue weighted by atomic mass is 16.5. The zero-order chi connectivity index (χ0) is 14.5. The molecule has 1 heterocycles. The van der Waals surface area contributed by atoms with Crippen molar-refractivity contribution >= 4 is 16.5 Å². The van der Waals surface area contributed by atoms with Crippen LogP contribution < -0.4 is 10.2 Å². The molecule has 1 aliphatic heterocycles. The van der Waals surface area contributed by atoms with Gasteiger partial charge in [0.25, 0.3) is 0 Å². The number of anilines is 1. The lowest BCUT2D eigenvalue weighted by molar-refractivity contribution is 0.0249.